The van der Waals surface area contributed by atoms with Gasteiger partial charge in [-0.1, -0.05) is 29.8 Å². The Labute approximate surface area is 97.8 Å². The lowest BCUT2D eigenvalue weighted by atomic mass is 9.92. The van der Waals surface area contributed by atoms with Crippen LogP contribution in [-0.4, -0.2) is 18.8 Å². The highest BCUT2D eigenvalue weighted by atomic mass is 16.5. The minimum atomic E-state index is 0.228. The number of hydrogen-bond donors (Lipinski definition) is 1. The van der Waals surface area contributed by atoms with Crippen molar-refractivity contribution in [3.63, 3.8) is 0 Å². The molecule has 0 aliphatic carbocycles. The Morgan fingerprint density at radius 1 is 1.50 bits per heavy atom. The molecule has 16 heavy (non-hydrogen) atoms. The maximum atomic E-state index is 6.24. The smallest absolute Gasteiger partial charge is 0.0551 e. The Kier molecular flexibility index (Phi) is 3.62. The van der Waals surface area contributed by atoms with Gasteiger partial charge in [0.1, 0.15) is 0 Å². The van der Waals surface area contributed by atoms with E-state index in [1.165, 1.54) is 11.1 Å². The minimum Gasteiger partial charge on any atom is -0.378 e. The summed E-state index contributed by atoms with van der Waals surface area (Å²) in [6, 6.07) is 8.83. The average Bonchev–Trinajstić information content (AvgIpc) is 2.65. The van der Waals surface area contributed by atoms with Crippen LogP contribution in [0.1, 0.15) is 24.5 Å². The van der Waals surface area contributed by atoms with Gasteiger partial charge in [0, 0.05) is 12.0 Å². The van der Waals surface area contributed by atoms with Gasteiger partial charge in [0.05, 0.1) is 12.7 Å². The summed E-state index contributed by atoms with van der Waals surface area (Å²) in [4.78, 5) is 0. The number of nitrogens with two attached hydrogens (primary N) is 1. The van der Waals surface area contributed by atoms with Gasteiger partial charge in [-0.3, -0.25) is 0 Å². The summed E-state index contributed by atoms with van der Waals surface area (Å²) in [5.41, 5.74) is 8.89. The number of benzene rings is 1. The highest BCUT2D eigenvalue weighted by Crippen LogP contribution is 2.23. The minimum absolute atomic E-state index is 0.228. The Hall–Kier alpha value is -0.860. The summed E-state index contributed by atoms with van der Waals surface area (Å²) in [7, 11) is 0. The summed E-state index contributed by atoms with van der Waals surface area (Å²) < 4.78 is 5.57. The van der Waals surface area contributed by atoms with Crippen molar-refractivity contribution in [2.75, 3.05) is 6.61 Å². The van der Waals surface area contributed by atoms with E-state index in [1.807, 2.05) is 0 Å². The molecule has 88 valence electrons. The molecule has 0 aromatic heterocycles. The van der Waals surface area contributed by atoms with Crippen molar-refractivity contribution in [1.82, 2.24) is 0 Å². The second-order valence-corrected chi connectivity index (χ2v) is 5.00. The third kappa shape index (κ3) is 2.83. The zero-order valence-electron chi connectivity index (χ0n) is 10.1. The van der Waals surface area contributed by atoms with Gasteiger partial charge < -0.3 is 10.5 Å². The van der Waals surface area contributed by atoms with Crippen LogP contribution in [0.25, 0.3) is 0 Å². The average molecular weight is 219 g/mol. The molecule has 2 heteroatoms. The molecule has 2 nitrogen and oxygen atoms in total. The quantitative estimate of drug-likeness (QED) is 0.846. The van der Waals surface area contributed by atoms with Crippen molar-refractivity contribution in [3.05, 3.63) is 35.4 Å². The molecule has 0 bridgehead atoms. The van der Waals surface area contributed by atoms with E-state index in [2.05, 4.69) is 38.1 Å². The number of hydrogen-bond acceptors (Lipinski definition) is 2. The van der Waals surface area contributed by atoms with E-state index < -0.39 is 0 Å². The summed E-state index contributed by atoms with van der Waals surface area (Å²) in [6.45, 7) is 5.07. The predicted molar refractivity (Wildman–Crippen MR) is 66.4 cm³/mol. The molecular weight excluding hydrogens is 198 g/mol. The van der Waals surface area contributed by atoms with Crippen LogP contribution in [0.3, 0.4) is 0 Å². The maximum absolute atomic E-state index is 6.24. The Balaban J connectivity index is 1.94. The van der Waals surface area contributed by atoms with E-state index in [1.54, 1.807) is 0 Å². The third-order valence-corrected chi connectivity index (χ3v) is 3.39. The fraction of sp³-hybridized carbons (Fsp3) is 0.571. The van der Waals surface area contributed by atoms with Crippen LogP contribution in [0, 0.1) is 12.8 Å². The van der Waals surface area contributed by atoms with Gasteiger partial charge >= 0.3 is 0 Å². The second-order valence-electron chi connectivity index (χ2n) is 5.00. The number of ether oxygens (including phenoxy) is 1. The lowest BCUT2D eigenvalue weighted by molar-refractivity contribution is 0.118. The molecule has 1 aromatic carbocycles. The summed E-state index contributed by atoms with van der Waals surface area (Å²) >= 11 is 0. The van der Waals surface area contributed by atoms with Crippen molar-refractivity contribution in [2.45, 2.75) is 38.8 Å². The van der Waals surface area contributed by atoms with E-state index in [9.17, 15) is 0 Å². The molecule has 0 spiro atoms. The molecule has 0 amide bonds. The monoisotopic (exact) mass is 219 g/mol. The molecule has 1 aromatic rings. The van der Waals surface area contributed by atoms with Crippen LogP contribution in [0.4, 0.5) is 0 Å². The van der Waals surface area contributed by atoms with Crippen LogP contribution in [0.15, 0.2) is 24.3 Å². The highest BCUT2D eigenvalue weighted by molar-refractivity contribution is 5.23. The van der Waals surface area contributed by atoms with Crippen LogP contribution < -0.4 is 5.73 Å². The van der Waals surface area contributed by atoms with E-state index >= 15 is 0 Å². The molecule has 1 saturated heterocycles. The molecule has 0 saturated carbocycles. The van der Waals surface area contributed by atoms with Crippen LogP contribution in [-0.2, 0) is 11.2 Å². The van der Waals surface area contributed by atoms with Gasteiger partial charge in [-0.25, -0.2) is 0 Å². The fourth-order valence-electron chi connectivity index (χ4n) is 2.43. The normalized spacial score (nSPS) is 26.9. The molecule has 0 radical (unpaired) electrons. The van der Waals surface area contributed by atoms with Crippen molar-refractivity contribution in [3.8, 4) is 0 Å². The van der Waals surface area contributed by atoms with Gasteiger partial charge in [-0.2, -0.15) is 0 Å². The van der Waals surface area contributed by atoms with Crippen LogP contribution in [0.5, 0.6) is 0 Å². The van der Waals surface area contributed by atoms with E-state index in [4.69, 9.17) is 10.5 Å². The SMILES string of the molecule is Cc1cccc(CC(N)C2COC(C)C2)c1. The molecule has 1 heterocycles. The van der Waals surface area contributed by atoms with Gasteiger partial charge in [0.15, 0.2) is 0 Å². The Morgan fingerprint density at radius 3 is 2.94 bits per heavy atom. The van der Waals surface area contributed by atoms with Gasteiger partial charge in [0.2, 0.25) is 0 Å². The highest BCUT2D eigenvalue weighted by Gasteiger charge is 2.27. The van der Waals surface area contributed by atoms with E-state index in [-0.39, 0.29) is 6.04 Å². The van der Waals surface area contributed by atoms with Gasteiger partial charge in [-0.05, 0) is 32.3 Å². The molecule has 1 aliphatic heterocycles. The molecule has 1 aliphatic rings. The van der Waals surface area contributed by atoms with Crippen molar-refractivity contribution in [2.24, 2.45) is 11.7 Å². The Bertz CT molecular complexity index is 350. The lowest BCUT2D eigenvalue weighted by Crippen LogP contribution is -2.32. The third-order valence-electron chi connectivity index (χ3n) is 3.39. The first-order valence-electron chi connectivity index (χ1n) is 6.08. The largest absolute Gasteiger partial charge is 0.378 e. The number of rotatable bonds is 3. The zero-order valence-corrected chi connectivity index (χ0v) is 10.1. The summed E-state index contributed by atoms with van der Waals surface area (Å²) in [6.07, 6.45) is 2.45. The van der Waals surface area contributed by atoms with Crippen LogP contribution in [0.2, 0.25) is 0 Å². The first kappa shape index (κ1) is 11.6. The summed E-state index contributed by atoms with van der Waals surface area (Å²) in [5, 5.41) is 0. The van der Waals surface area contributed by atoms with Crippen molar-refractivity contribution >= 4 is 0 Å². The fourth-order valence-corrected chi connectivity index (χ4v) is 2.43. The molecule has 1 fully saturated rings. The lowest BCUT2D eigenvalue weighted by Gasteiger charge is -2.17. The van der Waals surface area contributed by atoms with Crippen molar-refractivity contribution < 1.29 is 4.74 Å². The van der Waals surface area contributed by atoms with E-state index in [0.29, 0.717) is 12.0 Å². The zero-order chi connectivity index (χ0) is 11.5. The first-order valence-corrected chi connectivity index (χ1v) is 6.08. The standard InChI is InChI=1S/C14H21NO/c1-10-4-3-5-12(6-10)8-14(15)13-7-11(2)16-9-13/h3-6,11,13-14H,7-9,15H2,1-2H3. The molecule has 2 rings (SSSR count). The number of aryl methyl sites for hydroxylation is 1. The Morgan fingerprint density at radius 2 is 2.31 bits per heavy atom. The molecule has 3 atom stereocenters. The van der Waals surface area contributed by atoms with Gasteiger partial charge in [0.25, 0.3) is 0 Å². The molecule has 2 N–H and O–H groups in total. The van der Waals surface area contributed by atoms with Crippen molar-refractivity contribution in [1.29, 1.82) is 0 Å². The summed E-state index contributed by atoms with van der Waals surface area (Å²) in [5.74, 6) is 0.524. The molecular formula is C14H21NO. The maximum Gasteiger partial charge on any atom is 0.0551 e. The topological polar surface area (TPSA) is 35.2 Å². The predicted octanol–water partition coefficient (Wildman–Crippen LogP) is 2.29. The first-order chi connectivity index (χ1) is 7.65. The van der Waals surface area contributed by atoms with E-state index in [0.717, 1.165) is 19.4 Å². The van der Waals surface area contributed by atoms with Gasteiger partial charge in [-0.15, -0.1) is 0 Å². The molecule has 3 unspecified atom stereocenters. The second kappa shape index (κ2) is 4.98. The van der Waals surface area contributed by atoms with Crippen LogP contribution >= 0.6 is 0 Å².